The van der Waals surface area contributed by atoms with Gasteiger partial charge < -0.3 is 24.6 Å². The van der Waals surface area contributed by atoms with Crippen molar-refractivity contribution in [2.75, 3.05) is 46.4 Å². The van der Waals surface area contributed by atoms with Crippen LogP contribution in [-0.4, -0.2) is 68.2 Å². The fourth-order valence-electron chi connectivity index (χ4n) is 2.52. The van der Waals surface area contributed by atoms with Gasteiger partial charge in [-0.3, -0.25) is 4.79 Å². The molecule has 0 bridgehead atoms. The van der Waals surface area contributed by atoms with E-state index in [1.54, 1.807) is 23.8 Å². The number of methoxy groups -OCH3 is 1. The Bertz CT molecular complexity index is 539. The van der Waals surface area contributed by atoms with Crippen molar-refractivity contribution in [3.8, 4) is 5.75 Å². The summed E-state index contributed by atoms with van der Waals surface area (Å²) in [5.41, 5.74) is 1.09. The van der Waals surface area contributed by atoms with E-state index in [9.17, 15) is 9.59 Å². The molecule has 0 spiro atoms. The molecule has 0 atom stereocenters. The molecule has 24 heavy (non-hydrogen) atoms. The van der Waals surface area contributed by atoms with Crippen LogP contribution in [0, 0.1) is 0 Å². The monoisotopic (exact) mass is 335 g/mol. The largest absolute Gasteiger partial charge is 0.497 e. The maximum atomic E-state index is 12.2. The number of carbonyl (C=O) groups is 2. The number of nitrogens with zero attached hydrogens (tertiary/aromatic N) is 2. The Morgan fingerprint density at radius 1 is 1.08 bits per heavy atom. The second-order valence-corrected chi connectivity index (χ2v) is 5.52. The van der Waals surface area contributed by atoms with Crippen LogP contribution in [0.4, 0.5) is 4.79 Å². The molecule has 1 aliphatic heterocycles. The lowest BCUT2D eigenvalue weighted by atomic mass is 10.2. The predicted molar refractivity (Wildman–Crippen MR) is 89.9 cm³/mol. The first-order chi connectivity index (χ1) is 11.6. The number of amides is 2. The van der Waals surface area contributed by atoms with Gasteiger partial charge >= 0.3 is 6.09 Å². The van der Waals surface area contributed by atoms with Gasteiger partial charge in [0.05, 0.1) is 20.3 Å². The van der Waals surface area contributed by atoms with Gasteiger partial charge in [0.1, 0.15) is 5.75 Å². The van der Waals surface area contributed by atoms with Crippen molar-refractivity contribution in [3.63, 3.8) is 0 Å². The van der Waals surface area contributed by atoms with E-state index >= 15 is 0 Å². The average molecular weight is 335 g/mol. The Morgan fingerprint density at radius 2 is 1.71 bits per heavy atom. The van der Waals surface area contributed by atoms with Crippen molar-refractivity contribution < 1.29 is 19.1 Å². The molecule has 0 aliphatic carbocycles. The summed E-state index contributed by atoms with van der Waals surface area (Å²) in [4.78, 5) is 27.2. The topological polar surface area (TPSA) is 71.1 Å². The molecule has 1 heterocycles. The van der Waals surface area contributed by atoms with Crippen LogP contribution >= 0.6 is 0 Å². The Kier molecular flexibility index (Phi) is 6.87. The second kappa shape index (κ2) is 9.12. The van der Waals surface area contributed by atoms with Crippen LogP contribution in [0.5, 0.6) is 5.75 Å². The number of rotatable bonds is 6. The zero-order valence-electron chi connectivity index (χ0n) is 14.3. The standard InChI is InChI=1S/C17H25N3O4/c1-3-24-17(22)20-10-8-19(9-11-20)16(21)13-18-12-14-4-6-15(23-2)7-5-14/h4-7,18H,3,8-13H2,1-2H3. The number of ether oxygens (including phenoxy) is 2. The number of piperazine rings is 1. The highest BCUT2D eigenvalue weighted by Crippen LogP contribution is 2.11. The maximum absolute atomic E-state index is 12.2. The number of hydrogen-bond donors (Lipinski definition) is 1. The van der Waals surface area contributed by atoms with Crippen LogP contribution in [0.3, 0.4) is 0 Å². The molecule has 1 aromatic carbocycles. The van der Waals surface area contributed by atoms with E-state index in [0.717, 1.165) is 11.3 Å². The van der Waals surface area contributed by atoms with E-state index in [4.69, 9.17) is 9.47 Å². The lowest BCUT2D eigenvalue weighted by Gasteiger charge is -2.34. The molecule has 7 heteroatoms. The third-order valence-corrected chi connectivity index (χ3v) is 3.92. The van der Waals surface area contributed by atoms with Crippen LogP contribution in [-0.2, 0) is 16.1 Å². The van der Waals surface area contributed by atoms with Crippen molar-refractivity contribution in [3.05, 3.63) is 29.8 Å². The van der Waals surface area contributed by atoms with Gasteiger partial charge in [-0.2, -0.15) is 0 Å². The summed E-state index contributed by atoms with van der Waals surface area (Å²) in [6.45, 7) is 5.18. The summed E-state index contributed by atoms with van der Waals surface area (Å²) in [6, 6.07) is 7.73. The van der Waals surface area contributed by atoms with Crippen LogP contribution in [0.15, 0.2) is 24.3 Å². The predicted octanol–water partition coefficient (Wildman–Crippen LogP) is 1.09. The minimum Gasteiger partial charge on any atom is -0.497 e. The maximum Gasteiger partial charge on any atom is 0.409 e. The molecule has 1 aliphatic rings. The van der Waals surface area contributed by atoms with E-state index < -0.39 is 0 Å². The van der Waals surface area contributed by atoms with Crippen molar-refractivity contribution in [2.24, 2.45) is 0 Å². The van der Waals surface area contributed by atoms with Crippen LogP contribution in [0.2, 0.25) is 0 Å². The Morgan fingerprint density at radius 3 is 2.29 bits per heavy atom. The van der Waals surface area contributed by atoms with E-state index in [1.165, 1.54) is 0 Å². The molecule has 0 unspecified atom stereocenters. The summed E-state index contributed by atoms with van der Waals surface area (Å²) in [5.74, 6) is 0.862. The van der Waals surface area contributed by atoms with Crippen molar-refractivity contribution in [1.82, 2.24) is 15.1 Å². The number of hydrogen-bond acceptors (Lipinski definition) is 5. The molecule has 1 fully saturated rings. The molecule has 2 rings (SSSR count). The van der Waals surface area contributed by atoms with Gasteiger partial charge in [-0.05, 0) is 24.6 Å². The second-order valence-electron chi connectivity index (χ2n) is 5.52. The first kappa shape index (κ1) is 18.1. The Balaban J connectivity index is 1.68. The van der Waals surface area contributed by atoms with E-state index in [0.29, 0.717) is 39.3 Å². The van der Waals surface area contributed by atoms with Gasteiger partial charge in [0.25, 0.3) is 0 Å². The Labute approximate surface area is 142 Å². The SMILES string of the molecule is CCOC(=O)N1CCN(C(=O)CNCc2ccc(OC)cc2)CC1. The molecule has 0 saturated carbocycles. The highest BCUT2D eigenvalue weighted by Gasteiger charge is 2.24. The lowest BCUT2D eigenvalue weighted by molar-refractivity contribution is -0.131. The fourth-order valence-corrected chi connectivity index (χ4v) is 2.52. The first-order valence-electron chi connectivity index (χ1n) is 8.17. The third-order valence-electron chi connectivity index (χ3n) is 3.92. The van der Waals surface area contributed by atoms with E-state index in [2.05, 4.69) is 5.32 Å². The summed E-state index contributed by atoms with van der Waals surface area (Å²) in [5, 5.41) is 3.15. The molecule has 132 valence electrons. The quantitative estimate of drug-likeness (QED) is 0.842. The molecule has 1 N–H and O–H groups in total. The summed E-state index contributed by atoms with van der Waals surface area (Å²) < 4.78 is 10.1. The summed E-state index contributed by atoms with van der Waals surface area (Å²) >= 11 is 0. The van der Waals surface area contributed by atoms with Gasteiger partial charge in [-0.15, -0.1) is 0 Å². The van der Waals surface area contributed by atoms with Crippen molar-refractivity contribution in [2.45, 2.75) is 13.5 Å². The molecular weight excluding hydrogens is 310 g/mol. The molecular formula is C17H25N3O4. The minimum absolute atomic E-state index is 0.0482. The van der Waals surface area contributed by atoms with E-state index in [1.807, 2.05) is 24.3 Å². The van der Waals surface area contributed by atoms with Gasteiger partial charge in [0.2, 0.25) is 5.91 Å². The van der Waals surface area contributed by atoms with Crippen molar-refractivity contribution >= 4 is 12.0 Å². The van der Waals surface area contributed by atoms with Crippen LogP contribution in [0.25, 0.3) is 0 Å². The molecule has 2 amide bonds. The lowest BCUT2D eigenvalue weighted by Crippen LogP contribution is -2.52. The normalized spacial score (nSPS) is 14.4. The van der Waals surface area contributed by atoms with Crippen LogP contribution < -0.4 is 10.1 Å². The number of benzene rings is 1. The van der Waals surface area contributed by atoms with Gasteiger partial charge in [-0.25, -0.2) is 4.79 Å². The smallest absolute Gasteiger partial charge is 0.409 e. The summed E-state index contributed by atoms with van der Waals surface area (Å²) in [7, 11) is 1.63. The molecule has 7 nitrogen and oxygen atoms in total. The van der Waals surface area contributed by atoms with Gasteiger partial charge in [0.15, 0.2) is 0 Å². The third kappa shape index (κ3) is 5.13. The van der Waals surface area contributed by atoms with Crippen LogP contribution in [0.1, 0.15) is 12.5 Å². The van der Waals surface area contributed by atoms with Gasteiger partial charge in [0, 0.05) is 32.7 Å². The fraction of sp³-hybridized carbons (Fsp3) is 0.529. The molecule has 0 radical (unpaired) electrons. The highest BCUT2D eigenvalue weighted by atomic mass is 16.6. The first-order valence-corrected chi connectivity index (χ1v) is 8.17. The summed E-state index contributed by atoms with van der Waals surface area (Å²) in [6.07, 6.45) is -0.303. The molecule has 1 saturated heterocycles. The Hall–Kier alpha value is -2.28. The van der Waals surface area contributed by atoms with Gasteiger partial charge in [-0.1, -0.05) is 12.1 Å². The molecule has 0 aromatic heterocycles. The highest BCUT2D eigenvalue weighted by molar-refractivity contribution is 5.78. The zero-order valence-corrected chi connectivity index (χ0v) is 14.3. The zero-order chi connectivity index (χ0) is 17.4. The number of nitrogens with one attached hydrogen (secondary N) is 1. The van der Waals surface area contributed by atoms with E-state index in [-0.39, 0.29) is 18.5 Å². The van der Waals surface area contributed by atoms with Crippen molar-refractivity contribution in [1.29, 1.82) is 0 Å². The minimum atomic E-state index is -0.303. The average Bonchev–Trinajstić information content (AvgIpc) is 2.62. The molecule has 1 aromatic rings. The number of carbonyl (C=O) groups excluding carboxylic acids is 2.